The molecule has 2 aromatic rings. The lowest BCUT2D eigenvalue weighted by molar-refractivity contribution is -0.140. The van der Waals surface area contributed by atoms with Crippen LogP contribution in [0, 0.1) is 23.6 Å². The predicted molar refractivity (Wildman–Crippen MR) is 128 cm³/mol. The maximum atomic E-state index is 14.4. The van der Waals surface area contributed by atoms with Gasteiger partial charge in [0.2, 0.25) is 11.9 Å². The monoisotopic (exact) mass is 484 g/mol. The number of hydrogen-bond acceptors (Lipinski definition) is 7. The van der Waals surface area contributed by atoms with Crippen LogP contribution in [0.3, 0.4) is 0 Å². The zero-order valence-corrected chi connectivity index (χ0v) is 20.1. The van der Waals surface area contributed by atoms with E-state index in [1.807, 2.05) is 0 Å². The lowest BCUT2D eigenvalue weighted by Crippen LogP contribution is -2.54. The summed E-state index contributed by atoms with van der Waals surface area (Å²) in [6.07, 6.45) is 7.50. The molecule has 0 radical (unpaired) electrons. The number of nitrogens with zero attached hydrogens (tertiary/aromatic N) is 4. The maximum Gasteiger partial charge on any atom is 0.227 e. The second-order valence-corrected chi connectivity index (χ2v) is 9.93. The fourth-order valence-electron chi connectivity index (χ4n) is 5.31. The van der Waals surface area contributed by atoms with Crippen molar-refractivity contribution in [2.24, 2.45) is 17.8 Å². The highest BCUT2D eigenvalue weighted by atomic mass is 19.1. The van der Waals surface area contributed by atoms with Crippen LogP contribution in [0.2, 0.25) is 0 Å². The Morgan fingerprint density at radius 3 is 2.57 bits per heavy atom. The molecule has 188 valence electrons. The lowest BCUT2D eigenvalue weighted by atomic mass is 9.90. The molecule has 8 nitrogen and oxygen atoms in total. The number of likely N-dealkylation sites (tertiary alicyclic amines) is 1. The first-order chi connectivity index (χ1) is 17.0. The second-order valence-electron chi connectivity index (χ2n) is 9.93. The van der Waals surface area contributed by atoms with Crippen LogP contribution in [0.25, 0.3) is 0 Å². The molecule has 1 amide bonds. The number of halogens is 1. The van der Waals surface area contributed by atoms with Crippen LogP contribution in [-0.2, 0) is 11.2 Å². The number of amides is 1. The van der Waals surface area contributed by atoms with E-state index in [9.17, 15) is 14.3 Å². The minimum Gasteiger partial charge on any atom is -0.494 e. The number of hydrogen-bond donors (Lipinski definition) is 1. The Hall–Kier alpha value is -2.94. The van der Waals surface area contributed by atoms with Gasteiger partial charge in [-0.1, -0.05) is 6.07 Å². The Kier molecular flexibility index (Phi) is 7.04. The van der Waals surface area contributed by atoms with Gasteiger partial charge in [0.15, 0.2) is 5.75 Å². The van der Waals surface area contributed by atoms with E-state index in [1.54, 1.807) is 31.6 Å². The highest BCUT2D eigenvalue weighted by Gasteiger charge is 2.43. The van der Waals surface area contributed by atoms with Gasteiger partial charge < -0.3 is 24.4 Å². The molecule has 1 aromatic carbocycles. The standard InChI is InChI=1S/C26H33FN4O4/c1-34-22-13-28-26(29-14-22)30-7-4-17(5-8-30)23-10-18(23)6-9-35-21-3-2-19(24(27)12-21)11-25(33)31-15-20(32)16-31/h2-3,12-14,17-18,20,23,32H,4-11,15-16H2,1H3/t18-,23-/m1/s1. The SMILES string of the molecule is COc1cnc(N2CCC([C@H]3C[C@H]3CCOc3ccc(CC(=O)N4CC(O)C4)c(F)c3)CC2)nc1. The number of carbonyl (C=O) groups excluding carboxylic acids is 1. The summed E-state index contributed by atoms with van der Waals surface area (Å²) in [5, 5.41) is 9.31. The van der Waals surface area contributed by atoms with Crippen molar-refractivity contribution < 1.29 is 23.8 Å². The Labute approximate surface area is 205 Å². The summed E-state index contributed by atoms with van der Waals surface area (Å²) in [5.74, 6) is 3.52. The Balaban J connectivity index is 1.01. The van der Waals surface area contributed by atoms with Crippen LogP contribution in [-0.4, -0.2) is 71.9 Å². The van der Waals surface area contributed by atoms with E-state index in [0.29, 0.717) is 42.7 Å². The van der Waals surface area contributed by atoms with Gasteiger partial charge in [0, 0.05) is 32.2 Å². The Bertz CT molecular complexity index is 1020. The first kappa shape index (κ1) is 23.8. The van der Waals surface area contributed by atoms with Gasteiger partial charge in [-0.05, 0) is 55.1 Å². The van der Waals surface area contributed by atoms with Gasteiger partial charge in [-0.3, -0.25) is 4.79 Å². The zero-order chi connectivity index (χ0) is 24.4. The summed E-state index contributed by atoms with van der Waals surface area (Å²) in [5.41, 5.74) is 0.359. The number of aliphatic hydroxyl groups excluding tert-OH is 1. The van der Waals surface area contributed by atoms with Gasteiger partial charge in [-0.25, -0.2) is 14.4 Å². The van der Waals surface area contributed by atoms with Crippen LogP contribution >= 0.6 is 0 Å². The summed E-state index contributed by atoms with van der Waals surface area (Å²) in [4.78, 5) is 24.7. The average molecular weight is 485 g/mol. The topological polar surface area (TPSA) is 88.0 Å². The van der Waals surface area contributed by atoms with Gasteiger partial charge in [0.05, 0.1) is 38.6 Å². The minimum absolute atomic E-state index is 0.00595. The number of methoxy groups -OCH3 is 1. The van der Waals surface area contributed by atoms with Crippen molar-refractivity contribution in [2.75, 3.05) is 44.8 Å². The zero-order valence-electron chi connectivity index (χ0n) is 20.1. The number of rotatable bonds is 9. The molecule has 2 atom stereocenters. The second kappa shape index (κ2) is 10.4. The normalized spacial score (nSPS) is 22.6. The molecular weight excluding hydrogens is 451 g/mol. The molecular formula is C26H33FN4O4. The van der Waals surface area contributed by atoms with E-state index < -0.39 is 11.9 Å². The molecule has 3 heterocycles. The summed E-state index contributed by atoms with van der Waals surface area (Å²) < 4.78 is 25.4. The molecule has 0 unspecified atom stereocenters. The van der Waals surface area contributed by atoms with Crippen molar-refractivity contribution in [3.05, 3.63) is 42.0 Å². The molecule has 3 aliphatic rings. The van der Waals surface area contributed by atoms with Gasteiger partial charge >= 0.3 is 0 Å². The van der Waals surface area contributed by atoms with Crippen LogP contribution in [0.4, 0.5) is 10.3 Å². The number of piperidine rings is 1. The quantitative estimate of drug-likeness (QED) is 0.586. The average Bonchev–Trinajstić information content (AvgIpc) is 3.63. The predicted octanol–water partition coefficient (Wildman–Crippen LogP) is 2.69. The molecule has 2 saturated heterocycles. The van der Waals surface area contributed by atoms with E-state index in [0.717, 1.165) is 50.1 Å². The van der Waals surface area contributed by atoms with Crippen LogP contribution in [0.5, 0.6) is 11.5 Å². The molecule has 1 aliphatic carbocycles. The fraction of sp³-hybridized carbons (Fsp3) is 0.577. The van der Waals surface area contributed by atoms with Crippen molar-refractivity contribution >= 4 is 11.9 Å². The molecule has 0 spiro atoms. The summed E-state index contributed by atoms with van der Waals surface area (Å²) in [6.45, 7) is 3.19. The van der Waals surface area contributed by atoms with Crippen molar-refractivity contribution in [1.82, 2.24) is 14.9 Å². The Morgan fingerprint density at radius 2 is 1.91 bits per heavy atom. The van der Waals surface area contributed by atoms with Crippen molar-refractivity contribution in [2.45, 2.75) is 38.2 Å². The number of ether oxygens (including phenoxy) is 2. The maximum absolute atomic E-state index is 14.4. The molecule has 3 fully saturated rings. The lowest BCUT2D eigenvalue weighted by Gasteiger charge is -2.35. The smallest absolute Gasteiger partial charge is 0.227 e. The first-order valence-electron chi connectivity index (χ1n) is 12.5. The van der Waals surface area contributed by atoms with E-state index in [-0.39, 0.29) is 12.3 Å². The molecule has 9 heteroatoms. The number of β-amino-alcohol motifs (C(OH)–C–C–N with tert-alkyl or cyclic N) is 1. The highest BCUT2D eigenvalue weighted by Crippen LogP contribution is 2.49. The van der Waals surface area contributed by atoms with Crippen molar-refractivity contribution in [3.63, 3.8) is 0 Å². The third-order valence-electron chi connectivity index (χ3n) is 7.59. The minimum atomic E-state index is -0.451. The third-order valence-corrected chi connectivity index (χ3v) is 7.59. The fourth-order valence-corrected chi connectivity index (χ4v) is 5.31. The summed E-state index contributed by atoms with van der Waals surface area (Å²) in [7, 11) is 1.61. The van der Waals surface area contributed by atoms with Gasteiger partial charge in [0.1, 0.15) is 11.6 Å². The van der Waals surface area contributed by atoms with Crippen LogP contribution < -0.4 is 14.4 Å². The molecule has 35 heavy (non-hydrogen) atoms. The number of carbonyl (C=O) groups is 1. The van der Waals surface area contributed by atoms with Crippen LogP contribution in [0.1, 0.15) is 31.2 Å². The van der Waals surface area contributed by atoms with E-state index in [1.165, 1.54) is 17.4 Å². The number of benzene rings is 1. The Morgan fingerprint density at radius 1 is 1.17 bits per heavy atom. The van der Waals surface area contributed by atoms with Crippen molar-refractivity contribution in [1.29, 1.82) is 0 Å². The van der Waals surface area contributed by atoms with E-state index in [2.05, 4.69) is 14.9 Å². The largest absolute Gasteiger partial charge is 0.494 e. The van der Waals surface area contributed by atoms with Crippen molar-refractivity contribution in [3.8, 4) is 11.5 Å². The van der Waals surface area contributed by atoms with Gasteiger partial charge in [0.25, 0.3) is 0 Å². The summed E-state index contributed by atoms with van der Waals surface area (Å²) >= 11 is 0. The van der Waals surface area contributed by atoms with E-state index >= 15 is 0 Å². The molecule has 1 saturated carbocycles. The number of aromatic nitrogens is 2. The van der Waals surface area contributed by atoms with Crippen LogP contribution in [0.15, 0.2) is 30.6 Å². The van der Waals surface area contributed by atoms with Gasteiger partial charge in [-0.2, -0.15) is 0 Å². The first-order valence-corrected chi connectivity index (χ1v) is 12.5. The van der Waals surface area contributed by atoms with E-state index in [4.69, 9.17) is 9.47 Å². The molecule has 5 rings (SSSR count). The highest BCUT2D eigenvalue weighted by molar-refractivity contribution is 5.79. The molecule has 1 aromatic heterocycles. The number of aliphatic hydroxyl groups is 1. The molecule has 2 aliphatic heterocycles. The summed E-state index contributed by atoms with van der Waals surface area (Å²) in [6, 6.07) is 4.73. The molecule has 1 N–H and O–H groups in total. The number of anilines is 1. The molecule has 0 bridgehead atoms. The third kappa shape index (κ3) is 5.66. The van der Waals surface area contributed by atoms with Gasteiger partial charge in [-0.15, -0.1) is 0 Å².